The minimum atomic E-state index is 0.919. The number of nitrogens with zero attached hydrogens (tertiary/aromatic N) is 1. The van der Waals surface area contributed by atoms with Crippen LogP contribution in [0.5, 0.6) is 0 Å². The van der Waals surface area contributed by atoms with Crippen molar-refractivity contribution >= 4 is 39.2 Å². The number of hydrogen-bond donors (Lipinski definition) is 0. The van der Waals surface area contributed by atoms with Gasteiger partial charge in [0.25, 0.3) is 0 Å². The van der Waals surface area contributed by atoms with E-state index in [2.05, 4.69) is 76.0 Å². The second kappa shape index (κ2) is 4.89. The van der Waals surface area contributed by atoms with Crippen LogP contribution >= 0.6 is 22.6 Å². The Balaban J connectivity index is 2.03. The van der Waals surface area contributed by atoms with Crippen molar-refractivity contribution in [3.8, 4) is 11.3 Å². The molecule has 1 heterocycles. The van der Waals surface area contributed by atoms with E-state index in [9.17, 15) is 0 Å². The maximum atomic E-state index is 5.92. The fourth-order valence-corrected chi connectivity index (χ4v) is 2.53. The van der Waals surface area contributed by atoms with E-state index in [1.165, 1.54) is 9.26 Å². The molecule has 0 unspecified atom stereocenters. The molecule has 0 spiro atoms. The second-order valence-corrected chi connectivity index (χ2v) is 5.98. The Hall–Kier alpha value is -1.49. The highest BCUT2D eigenvalue weighted by molar-refractivity contribution is 14.1. The Morgan fingerprint density at radius 1 is 0.947 bits per heavy atom. The van der Waals surface area contributed by atoms with Crippen LogP contribution in [0.4, 0.5) is 5.69 Å². The van der Waals surface area contributed by atoms with E-state index < -0.39 is 0 Å². The largest absolute Gasteiger partial charge is 0.456 e. The lowest BCUT2D eigenvalue weighted by atomic mass is 10.1. The maximum absolute atomic E-state index is 5.92. The van der Waals surface area contributed by atoms with E-state index in [0.29, 0.717) is 0 Å². The lowest BCUT2D eigenvalue weighted by molar-refractivity contribution is 0.631. The highest BCUT2D eigenvalue weighted by atomic mass is 127. The van der Waals surface area contributed by atoms with Gasteiger partial charge in [-0.15, -0.1) is 0 Å². The summed E-state index contributed by atoms with van der Waals surface area (Å²) in [6, 6.07) is 16.7. The molecule has 0 aliphatic heterocycles. The smallest absolute Gasteiger partial charge is 0.135 e. The molecule has 3 rings (SSSR count). The molecular weight excluding hydrogens is 349 g/mol. The standard InChI is InChI=1S/C16H14INO/c1-18(2)14-7-4-11(5-8-14)15-9-12-3-6-13(17)10-16(12)19-15/h3-10H,1-2H3. The van der Waals surface area contributed by atoms with Crippen LogP contribution in [-0.4, -0.2) is 14.1 Å². The zero-order valence-corrected chi connectivity index (χ0v) is 13.0. The van der Waals surface area contributed by atoms with Gasteiger partial charge in [-0.3, -0.25) is 0 Å². The molecule has 0 bridgehead atoms. The molecule has 0 N–H and O–H groups in total. The molecule has 0 amide bonds. The third kappa shape index (κ3) is 2.47. The topological polar surface area (TPSA) is 16.4 Å². The molecule has 2 aromatic carbocycles. The predicted octanol–water partition coefficient (Wildman–Crippen LogP) is 4.77. The van der Waals surface area contributed by atoms with Crippen molar-refractivity contribution in [1.29, 1.82) is 0 Å². The average Bonchev–Trinajstić information content (AvgIpc) is 2.81. The lowest BCUT2D eigenvalue weighted by Crippen LogP contribution is -2.07. The quantitative estimate of drug-likeness (QED) is 0.610. The Bertz CT molecular complexity index is 713. The first-order valence-electron chi connectivity index (χ1n) is 6.10. The van der Waals surface area contributed by atoms with Gasteiger partial charge in [-0.1, -0.05) is 6.07 Å². The molecule has 19 heavy (non-hydrogen) atoms. The molecule has 96 valence electrons. The van der Waals surface area contributed by atoms with Crippen molar-refractivity contribution in [1.82, 2.24) is 0 Å². The number of rotatable bonds is 2. The van der Waals surface area contributed by atoms with Crippen LogP contribution in [0.25, 0.3) is 22.3 Å². The summed E-state index contributed by atoms with van der Waals surface area (Å²) >= 11 is 2.30. The van der Waals surface area contributed by atoms with E-state index >= 15 is 0 Å². The van der Waals surface area contributed by atoms with E-state index in [1.54, 1.807) is 0 Å². The van der Waals surface area contributed by atoms with Gasteiger partial charge in [0.05, 0.1) is 0 Å². The molecule has 3 heteroatoms. The molecule has 0 radical (unpaired) electrons. The van der Waals surface area contributed by atoms with Crippen molar-refractivity contribution in [2.24, 2.45) is 0 Å². The van der Waals surface area contributed by atoms with E-state index in [-0.39, 0.29) is 0 Å². The number of benzene rings is 2. The minimum Gasteiger partial charge on any atom is -0.456 e. The molecule has 0 aliphatic carbocycles. The molecule has 1 aromatic heterocycles. The number of hydrogen-bond acceptors (Lipinski definition) is 2. The van der Waals surface area contributed by atoms with Crippen molar-refractivity contribution in [2.45, 2.75) is 0 Å². The van der Waals surface area contributed by atoms with Gasteiger partial charge in [0, 0.05) is 34.3 Å². The first-order valence-corrected chi connectivity index (χ1v) is 7.18. The number of furan rings is 1. The summed E-state index contributed by atoms with van der Waals surface area (Å²) in [5.41, 5.74) is 3.24. The SMILES string of the molecule is CN(C)c1ccc(-c2cc3ccc(I)cc3o2)cc1. The molecule has 0 saturated carbocycles. The van der Waals surface area contributed by atoms with E-state index in [1.807, 2.05) is 14.1 Å². The normalized spacial score (nSPS) is 10.9. The summed E-state index contributed by atoms with van der Waals surface area (Å²) in [5.74, 6) is 0.919. The Labute approximate surface area is 126 Å². The van der Waals surface area contributed by atoms with Crippen molar-refractivity contribution < 1.29 is 4.42 Å². The number of fused-ring (bicyclic) bond motifs is 1. The molecule has 0 aliphatic rings. The van der Waals surface area contributed by atoms with Crippen molar-refractivity contribution in [3.05, 3.63) is 52.1 Å². The van der Waals surface area contributed by atoms with E-state index in [0.717, 1.165) is 22.3 Å². The van der Waals surface area contributed by atoms with Crippen LogP contribution in [0.15, 0.2) is 52.9 Å². The monoisotopic (exact) mass is 363 g/mol. The molecule has 0 fully saturated rings. The van der Waals surface area contributed by atoms with Crippen LogP contribution in [0.3, 0.4) is 0 Å². The predicted molar refractivity (Wildman–Crippen MR) is 88.7 cm³/mol. The van der Waals surface area contributed by atoms with E-state index in [4.69, 9.17) is 4.42 Å². The van der Waals surface area contributed by atoms with Crippen LogP contribution in [0.1, 0.15) is 0 Å². The van der Waals surface area contributed by atoms with Crippen molar-refractivity contribution in [3.63, 3.8) is 0 Å². The zero-order chi connectivity index (χ0) is 13.4. The summed E-state index contributed by atoms with van der Waals surface area (Å²) in [5, 5.41) is 1.15. The van der Waals surface area contributed by atoms with Gasteiger partial charge in [0.1, 0.15) is 11.3 Å². The summed E-state index contributed by atoms with van der Waals surface area (Å²) < 4.78 is 7.11. The molecular formula is C16H14INO. The van der Waals surface area contributed by atoms with Gasteiger partial charge < -0.3 is 9.32 Å². The lowest BCUT2D eigenvalue weighted by Gasteiger charge is -2.11. The van der Waals surface area contributed by atoms with Gasteiger partial charge in [-0.05, 0) is 65.1 Å². The molecule has 0 saturated heterocycles. The first kappa shape index (κ1) is 12.5. The Morgan fingerprint density at radius 3 is 2.37 bits per heavy atom. The fourth-order valence-electron chi connectivity index (χ4n) is 2.07. The fraction of sp³-hybridized carbons (Fsp3) is 0.125. The number of halogens is 1. The second-order valence-electron chi connectivity index (χ2n) is 4.73. The summed E-state index contributed by atoms with van der Waals surface area (Å²) in [6.07, 6.45) is 0. The summed E-state index contributed by atoms with van der Waals surface area (Å²) in [4.78, 5) is 2.09. The van der Waals surface area contributed by atoms with Crippen LogP contribution in [-0.2, 0) is 0 Å². The minimum absolute atomic E-state index is 0.919. The van der Waals surface area contributed by atoms with Gasteiger partial charge in [-0.25, -0.2) is 0 Å². The molecule has 3 aromatic rings. The highest BCUT2D eigenvalue weighted by Crippen LogP contribution is 2.29. The number of anilines is 1. The summed E-state index contributed by atoms with van der Waals surface area (Å²) in [7, 11) is 4.08. The first-order chi connectivity index (χ1) is 9.13. The van der Waals surface area contributed by atoms with Gasteiger partial charge >= 0.3 is 0 Å². The Morgan fingerprint density at radius 2 is 1.68 bits per heavy atom. The van der Waals surface area contributed by atoms with Gasteiger partial charge in [0.15, 0.2) is 0 Å². The van der Waals surface area contributed by atoms with Crippen LogP contribution in [0.2, 0.25) is 0 Å². The van der Waals surface area contributed by atoms with Crippen molar-refractivity contribution in [2.75, 3.05) is 19.0 Å². The molecule has 2 nitrogen and oxygen atoms in total. The van der Waals surface area contributed by atoms with Crippen LogP contribution < -0.4 is 4.90 Å². The van der Waals surface area contributed by atoms with Gasteiger partial charge in [0.2, 0.25) is 0 Å². The molecule has 0 atom stereocenters. The van der Waals surface area contributed by atoms with Gasteiger partial charge in [-0.2, -0.15) is 0 Å². The van der Waals surface area contributed by atoms with Crippen LogP contribution in [0, 0.1) is 3.57 Å². The average molecular weight is 363 g/mol. The third-order valence-electron chi connectivity index (χ3n) is 3.15. The summed E-state index contributed by atoms with van der Waals surface area (Å²) in [6.45, 7) is 0. The highest BCUT2D eigenvalue weighted by Gasteiger charge is 2.06. The zero-order valence-electron chi connectivity index (χ0n) is 10.9. The Kier molecular flexibility index (Phi) is 3.22. The maximum Gasteiger partial charge on any atom is 0.135 e. The third-order valence-corrected chi connectivity index (χ3v) is 3.82.